The molecule has 1 aromatic rings. The van der Waals surface area contributed by atoms with Crippen LogP contribution in [0, 0.1) is 0 Å². The molecule has 0 amide bonds. The monoisotopic (exact) mass is 292 g/mol. The Hall–Kier alpha value is -0.380. The van der Waals surface area contributed by atoms with E-state index < -0.39 is 0 Å². The van der Waals surface area contributed by atoms with E-state index in [2.05, 4.69) is 0 Å². The van der Waals surface area contributed by atoms with Crippen molar-refractivity contribution in [1.82, 2.24) is 0 Å². The topological polar surface area (TPSA) is 26.3 Å². The third-order valence-corrected chi connectivity index (χ3v) is 3.62. The second-order valence-corrected chi connectivity index (χ2v) is 5.29. The number of hydrogen-bond donors (Lipinski definition) is 0. The molecule has 0 spiro atoms. The highest BCUT2D eigenvalue weighted by Gasteiger charge is 2.20. The Morgan fingerprint density at radius 1 is 1.41 bits per heavy atom. The minimum absolute atomic E-state index is 0.262. The second-order valence-electron chi connectivity index (χ2n) is 3.58. The van der Waals surface area contributed by atoms with Gasteiger partial charge in [0.05, 0.1) is 6.61 Å². The van der Waals surface area contributed by atoms with Gasteiger partial charge in [-0.05, 0) is 52.2 Å². The van der Waals surface area contributed by atoms with Crippen molar-refractivity contribution < 1.29 is 9.53 Å². The minimum Gasteiger partial charge on any atom is -0.465 e. The number of carbonyl (C=O) groups is 1. The fourth-order valence-electron chi connectivity index (χ4n) is 1.28. The van der Waals surface area contributed by atoms with Crippen molar-refractivity contribution in [1.29, 1.82) is 0 Å². The molecule has 0 fully saturated rings. The molecule has 0 saturated heterocycles. The molecule has 2 nitrogen and oxygen atoms in total. The lowest BCUT2D eigenvalue weighted by atomic mass is 10.1. The quantitative estimate of drug-likeness (QED) is 0.739. The van der Waals surface area contributed by atoms with E-state index in [1.807, 2.05) is 19.1 Å². The first-order chi connectivity index (χ1) is 8.17. The summed E-state index contributed by atoms with van der Waals surface area (Å²) in [5.41, 5.74) is 1.01. The maximum Gasteiger partial charge on any atom is 0.320 e. The maximum absolute atomic E-state index is 11.7. The number of ether oxygens (including phenoxy) is 1. The molecule has 0 aliphatic rings. The summed E-state index contributed by atoms with van der Waals surface area (Å²) >= 11 is 5.79. The molecular formula is C12H14Cl2O2S. The van der Waals surface area contributed by atoms with Gasteiger partial charge >= 0.3 is 5.97 Å². The van der Waals surface area contributed by atoms with Crippen molar-refractivity contribution in [3.05, 3.63) is 34.9 Å². The van der Waals surface area contributed by atoms with Crippen molar-refractivity contribution in [2.24, 2.45) is 0 Å². The van der Waals surface area contributed by atoms with Gasteiger partial charge in [0.25, 0.3) is 0 Å². The van der Waals surface area contributed by atoms with Gasteiger partial charge in [0.2, 0.25) is 0 Å². The lowest BCUT2D eigenvalue weighted by Crippen LogP contribution is -2.22. The van der Waals surface area contributed by atoms with Crippen molar-refractivity contribution in [2.75, 3.05) is 6.61 Å². The van der Waals surface area contributed by atoms with Crippen LogP contribution in [0.15, 0.2) is 24.3 Å². The highest BCUT2D eigenvalue weighted by Crippen LogP contribution is 2.22. The van der Waals surface area contributed by atoms with Crippen LogP contribution in [0.3, 0.4) is 0 Å². The minimum atomic E-state index is -0.371. The molecule has 1 unspecified atom stereocenters. The summed E-state index contributed by atoms with van der Waals surface area (Å²) in [4.78, 5) is 11.7. The van der Waals surface area contributed by atoms with E-state index in [9.17, 15) is 4.79 Å². The summed E-state index contributed by atoms with van der Waals surface area (Å²) in [7, 11) is 6.70. The summed E-state index contributed by atoms with van der Waals surface area (Å²) in [6, 6.07) is 7.36. The van der Waals surface area contributed by atoms with Crippen LogP contribution in [-0.2, 0) is 16.0 Å². The summed E-state index contributed by atoms with van der Waals surface area (Å²) in [6.45, 7) is 2.39. The summed E-state index contributed by atoms with van der Waals surface area (Å²) in [5, 5.41) is 0.307. The van der Waals surface area contributed by atoms with Gasteiger partial charge in [-0.1, -0.05) is 30.7 Å². The lowest BCUT2D eigenvalue weighted by Gasteiger charge is -2.12. The summed E-state index contributed by atoms with van der Waals surface area (Å²) in [5.74, 6) is -0.262. The van der Waals surface area contributed by atoms with Crippen molar-refractivity contribution in [3.63, 3.8) is 0 Å². The van der Waals surface area contributed by atoms with Gasteiger partial charge in [0.1, 0.15) is 5.25 Å². The number of carbonyl (C=O) groups excluding carboxylic acids is 1. The second kappa shape index (κ2) is 7.85. The molecule has 94 valence electrons. The molecule has 0 saturated carbocycles. The molecule has 17 heavy (non-hydrogen) atoms. The highest BCUT2D eigenvalue weighted by molar-refractivity contribution is 8.22. The zero-order valence-corrected chi connectivity index (χ0v) is 11.8. The molecule has 0 aromatic heterocycles. The Kier molecular flexibility index (Phi) is 6.78. The SMILES string of the molecule is CCCOC(=O)C(Cc1ccc(Cl)cc1)SCl. The number of rotatable bonds is 6. The zero-order chi connectivity index (χ0) is 12.7. The molecule has 0 radical (unpaired) electrons. The van der Waals surface area contributed by atoms with Gasteiger partial charge in [-0.15, -0.1) is 0 Å². The molecule has 0 aliphatic heterocycles. The van der Waals surface area contributed by atoms with Crippen LogP contribution in [0.25, 0.3) is 0 Å². The first-order valence-corrected chi connectivity index (χ1v) is 7.44. The lowest BCUT2D eigenvalue weighted by molar-refractivity contribution is -0.142. The molecular weight excluding hydrogens is 279 g/mol. The fraction of sp³-hybridized carbons (Fsp3) is 0.417. The van der Waals surface area contributed by atoms with Crippen LogP contribution in [0.1, 0.15) is 18.9 Å². The molecule has 1 rings (SSSR count). The van der Waals surface area contributed by atoms with E-state index in [4.69, 9.17) is 27.0 Å². The smallest absolute Gasteiger partial charge is 0.320 e. The van der Waals surface area contributed by atoms with Crippen LogP contribution in [0.4, 0.5) is 0 Å². The number of benzene rings is 1. The number of halogens is 2. The van der Waals surface area contributed by atoms with Crippen LogP contribution >= 0.6 is 33.3 Å². The Balaban J connectivity index is 2.57. The molecule has 0 bridgehead atoms. The van der Waals surface area contributed by atoms with Gasteiger partial charge in [-0.25, -0.2) is 0 Å². The molecule has 0 heterocycles. The zero-order valence-electron chi connectivity index (χ0n) is 9.49. The average molecular weight is 293 g/mol. The average Bonchev–Trinajstić information content (AvgIpc) is 2.35. The van der Waals surface area contributed by atoms with Crippen molar-refractivity contribution >= 4 is 39.2 Å². The largest absolute Gasteiger partial charge is 0.465 e. The normalized spacial score (nSPS) is 12.2. The van der Waals surface area contributed by atoms with Gasteiger partial charge in [0, 0.05) is 5.02 Å². The first-order valence-electron chi connectivity index (χ1n) is 5.35. The Morgan fingerprint density at radius 3 is 2.59 bits per heavy atom. The van der Waals surface area contributed by atoms with Crippen LogP contribution < -0.4 is 0 Å². The fourth-order valence-corrected chi connectivity index (χ4v) is 2.21. The highest BCUT2D eigenvalue weighted by atomic mass is 35.7. The van der Waals surface area contributed by atoms with Gasteiger partial charge in [0.15, 0.2) is 0 Å². The summed E-state index contributed by atoms with van der Waals surface area (Å²) in [6.07, 6.45) is 1.36. The third-order valence-electron chi connectivity index (χ3n) is 2.15. The van der Waals surface area contributed by atoms with E-state index in [0.717, 1.165) is 23.0 Å². The summed E-state index contributed by atoms with van der Waals surface area (Å²) < 4.78 is 5.07. The number of hydrogen-bond acceptors (Lipinski definition) is 3. The van der Waals surface area contributed by atoms with Crippen molar-refractivity contribution in [3.8, 4) is 0 Å². The predicted octanol–water partition coefficient (Wildman–Crippen LogP) is 4.09. The molecule has 0 aliphatic carbocycles. The molecule has 0 N–H and O–H groups in total. The van der Waals surface area contributed by atoms with E-state index >= 15 is 0 Å². The Bertz CT molecular complexity index is 354. The predicted molar refractivity (Wildman–Crippen MR) is 73.6 cm³/mol. The molecule has 1 aromatic carbocycles. The van der Waals surface area contributed by atoms with E-state index in [-0.39, 0.29) is 11.2 Å². The van der Waals surface area contributed by atoms with E-state index in [1.54, 1.807) is 12.1 Å². The van der Waals surface area contributed by atoms with Crippen LogP contribution in [0.2, 0.25) is 5.02 Å². The van der Waals surface area contributed by atoms with Crippen molar-refractivity contribution in [2.45, 2.75) is 25.0 Å². The van der Waals surface area contributed by atoms with Gasteiger partial charge < -0.3 is 4.74 Å². The van der Waals surface area contributed by atoms with Gasteiger partial charge in [-0.3, -0.25) is 4.79 Å². The number of esters is 1. The maximum atomic E-state index is 11.7. The van der Waals surface area contributed by atoms with E-state index in [1.165, 1.54) is 0 Å². The van der Waals surface area contributed by atoms with Crippen LogP contribution in [-0.4, -0.2) is 17.8 Å². The standard InChI is InChI=1S/C12H14Cl2O2S/c1-2-7-16-12(15)11(17-14)8-9-3-5-10(13)6-4-9/h3-6,11H,2,7-8H2,1H3. The first kappa shape index (κ1) is 14.7. The Labute approximate surface area is 115 Å². The third kappa shape index (κ3) is 5.19. The van der Waals surface area contributed by atoms with Crippen LogP contribution in [0.5, 0.6) is 0 Å². The molecule has 5 heteroatoms. The Morgan fingerprint density at radius 2 is 2.06 bits per heavy atom. The molecule has 1 atom stereocenters. The van der Waals surface area contributed by atoms with Gasteiger partial charge in [-0.2, -0.15) is 0 Å². The van der Waals surface area contributed by atoms with E-state index in [0.29, 0.717) is 18.1 Å².